The van der Waals surface area contributed by atoms with Crippen LogP contribution in [0.15, 0.2) is 60.7 Å². The number of anilines is 2. The number of hydrogen-bond donors (Lipinski definition) is 2. The number of nitrogens with one attached hydrogen (secondary N) is 1. The molecule has 0 fully saturated rings. The van der Waals surface area contributed by atoms with Crippen molar-refractivity contribution < 1.29 is 24.2 Å². The molecule has 0 atom stereocenters. The van der Waals surface area contributed by atoms with E-state index in [1.165, 1.54) is 11.0 Å². The molecule has 30 heavy (non-hydrogen) atoms. The maximum Gasteiger partial charge on any atom is 0.342 e. The lowest BCUT2D eigenvalue weighted by atomic mass is 9.96. The Morgan fingerprint density at radius 1 is 1.03 bits per heavy atom. The van der Waals surface area contributed by atoms with Gasteiger partial charge < -0.3 is 15.2 Å². The third-order valence-corrected chi connectivity index (χ3v) is 5.20. The van der Waals surface area contributed by atoms with Crippen LogP contribution in [-0.2, 0) is 14.3 Å². The molecule has 0 aromatic heterocycles. The average Bonchev–Trinajstić information content (AvgIpc) is 2.73. The minimum Gasteiger partial charge on any atom is -0.506 e. The maximum atomic E-state index is 13.0. The molecule has 0 spiro atoms. The van der Waals surface area contributed by atoms with Crippen molar-refractivity contribution in [3.8, 4) is 5.75 Å². The number of carbonyl (C=O) groups is 3. The molecule has 0 radical (unpaired) electrons. The minimum atomic E-state index is -1.16. The molecule has 0 bridgehead atoms. The Kier molecular flexibility index (Phi) is 4.66. The third-order valence-electron chi connectivity index (χ3n) is 5.20. The van der Waals surface area contributed by atoms with Crippen LogP contribution in [0, 0.1) is 0 Å². The van der Waals surface area contributed by atoms with Crippen molar-refractivity contribution in [3.63, 3.8) is 0 Å². The van der Waals surface area contributed by atoms with E-state index in [-0.39, 0.29) is 17.2 Å². The fourth-order valence-corrected chi connectivity index (χ4v) is 3.59. The normalized spacial score (nSPS) is 14.7. The first kappa shape index (κ1) is 19.4. The van der Waals surface area contributed by atoms with Gasteiger partial charge in [0.1, 0.15) is 16.9 Å². The summed E-state index contributed by atoms with van der Waals surface area (Å²) in [6.45, 7) is 2.66. The lowest BCUT2D eigenvalue weighted by Crippen LogP contribution is -2.59. The van der Waals surface area contributed by atoms with E-state index in [2.05, 4.69) is 5.32 Å². The predicted octanol–water partition coefficient (Wildman–Crippen LogP) is 3.47. The van der Waals surface area contributed by atoms with Crippen LogP contribution in [0.3, 0.4) is 0 Å². The lowest BCUT2D eigenvalue weighted by molar-refractivity contribution is -0.128. The van der Waals surface area contributed by atoms with E-state index in [4.69, 9.17) is 4.74 Å². The van der Waals surface area contributed by atoms with Crippen molar-refractivity contribution in [2.75, 3.05) is 16.8 Å². The van der Waals surface area contributed by atoms with E-state index in [0.717, 1.165) is 5.39 Å². The molecule has 0 unspecified atom stereocenters. The van der Waals surface area contributed by atoms with E-state index in [0.29, 0.717) is 16.8 Å². The number of fused-ring (bicyclic) bond motifs is 2. The number of para-hydroxylation sites is 2. The van der Waals surface area contributed by atoms with Gasteiger partial charge in [-0.3, -0.25) is 14.5 Å². The van der Waals surface area contributed by atoms with Crippen LogP contribution in [0.4, 0.5) is 11.4 Å². The van der Waals surface area contributed by atoms with Gasteiger partial charge in [-0.15, -0.1) is 0 Å². The average molecular weight is 404 g/mol. The number of carbonyl (C=O) groups excluding carboxylic acids is 3. The van der Waals surface area contributed by atoms with E-state index in [1.807, 2.05) is 12.1 Å². The highest BCUT2D eigenvalue weighted by Crippen LogP contribution is 2.36. The van der Waals surface area contributed by atoms with Crippen molar-refractivity contribution in [1.82, 2.24) is 0 Å². The van der Waals surface area contributed by atoms with E-state index < -0.39 is 24.0 Å². The summed E-state index contributed by atoms with van der Waals surface area (Å²) in [5.74, 6) is -1.91. The van der Waals surface area contributed by atoms with E-state index in [9.17, 15) is 19.5 Å². The number of phenols is 1. The molecule has 7 nitrogen and oxygen atoms in total. The molecule has 0 saturated carbocycles. The molecule has 0 aliphatic carbocycles. The summed E-state index contributed by atoms with van der Waals surface area (Å²) in [6, 6.07) is 17.2. The smallest absolute Gasteiger partial charge is 0.342 e. The maximum absolute atomic E-state index is 13.0. The highest BCUT2D eigenvalue weighted by atomic mass is 16.5. The molecule has 7 heteroatoms. The Morgan fingerprint density at radius 2 is 1.73 bits per heavy atom. The SMILES string of the molecule is CC1(C)C(=O)Nc2ccccc2N1C(=O)COC(=O)c1ccc2ccccc2c1O. The quantitative estimate of drug-likeness (QED) is 0.652. The number of amides is 2. The van der Waals surface area contributed by atoms with Gasteiger partial charge in [0.25, 0.3) is 5.91 Å². The molecule has 3 aromatic rings. The second-order valence-corrected chi connectivity index (χ2v) is 7.52. The van der Waals surface area contributed by atoms with E-state index in [1.54, 1.807) is 56.3 Å². The fourth-order valence-electron chi connectivity index (χ4n) is 3.59. The second kappa shape index (κ2) is 7.18. The van der Waals surface area contributed by atoms with Gasteiger partial charge in [-0.05, 0) is 37.4 Å². The van der Waals surface area contributed by atoms with Gasteiger partial charge in [0.2, 0.25) is 5.91 Å². The Hall–Kier alpha value is -3.87. The van der Waals surface area contributed by atoms with Gasteiger partial charge in [0.15, 0.2) is 6.61 Å². The molecule has 2 N–H and O–H groups in total. The zero-order valence-electron chi connectivity index (χ0n) is 16.5. The Labute approximate surface area is 172 Å². The Morgan fingerprint density at radius 3 is 2.53 bits per heavy atom. The number of nitrogens with zero attached hydrogens (tertiary/aromatic N) is 1. The molecule has 152 valence electrons. The number of benzene rings is 3. The summed E-state index contributed by atoms with van der Waals surface area (Å²) in [5.41, 5.74) is -0.161. The molecule has 3 aromatic carbocycles. The van der Waals surface area contributed by atoms with Gasteiger partial charge in [0.05, 0.1) is 11.4 Å². The van der Waals surface area contributed by atoms with Gasteiger partial charge in [0, 0.05) is 5.39 Å². The first-order valence-corrected chi connectivity index (χ1v) is 9.42. The molecule has 4 rings (SSSR count). The molecule has 0 saturated heterocycles. The third kappa shape index (κ3) is 3.14. The zero-order valence-corrected chi connectivity index (χ0v) is 16.5. The number of hydrogen-bond acceptors (Lipinski definition) is 5. The van der Waals surface area contributed by atoms with Crippen molar-refractivity contribution in [2.45, 2.75) is 19.4 Å². The molecule has 1 aliphatic heterocycles. The lowest BCUT2D eigenvalue weighted by Gasteiger charge is -2.41. The molecular formula is C23H20N2O5. The van der Waals surface area contributed by atoms with Crippen LogP contribution in [0.2, 0.25) is 0 Å². The number of rotatable bonds is 3. The monoisotopic (exact) mass is 404 g/mol. The highest BCUT2D eigenvalue weighted by molar-refractivity contribution is 6.14. The first-order valence-electron chi connectivity index (χ1n) is 9.42. The number of esters is 1. The van der Waals surface area contributed by atoms with Crippen LogP contribution in [-0.4, -0.2) is 35.0 Å². The molecule has 1 aliphatic rings. The van der Waals surface area contributed by atoms with Gasteiger partial charge >= 0.3 is 5.97 Å². The van der Waals surface area contributed by atoms with Crippen molar-refractivity contribution in [3.05, 3.63) is 66.2 Å². The summed E-state index contributed by atoms with van der Waals surface area (Å²) < 4.78 is 5.19. The van der Waals surface area contributed by atoms with Crippen LogP contribution < -0.4 is 10.2 Å². The molecule has 2 amide bonds. The van der Waals surface area contributed by atoms with Gasteiger partial charge in [-0.1, -0.05) is 42.5 Å². The second-order valence-electron chi connectivity index (χ2n) is 7.52. The summed E-state index contributed by atoms with van der Waals surface area (Å²) in [7, 11) is 0. The Bertz CT molecular complexity index is 1190. The highest BCUT2D eigenvalue weighted by Gasteiger charge is 2.43. The van der Waals surface area contributed by atoms with Crippen LogP contribution in [0.25, 0.3) is 10.8 Å². The summed E-state index contributed by atoms with van der Waals surface area (Å²) >= 11 is 0. The topological polar surface area (TPSA) is 95.9 Å². The van der Waals surface area contributed by atoms with Crippen molar-refractivity contribution in [1.29, 1.82) is 0 Å². The van der Waals surface area contributed by atoms with Gasteiger partial charge in [-0.2, -0.15) is 0 Å². The standard InChI is InChI=1S/C23H20N2O5/c1-23(2)22(29)24-17-9-5-6-10-18(17)25(23)19(26)13-30-21(28)16-12-11-14-7-3-4-8-15(14)20(16)27/h3-12,27H,13H2,1-2H3,(H,24,29). The zero-order chi connectivity index (χ0) is 21.5. The van der Waals surface area contributed by atoms with Crippen LogP contribution >= 0.6 is 0 Å². The predicted molar refractivity (Wildman–Crippen MR) is 113 cm³/mol. The molecule has 1 heterocycles. The van der Waals surface area contributed by atoms with Crippen molar-refractivity contribution in [2.24, 2.45) is 0 Å². The first-order chi connectivity index (χ1) is 14.3. The fraction of sp³-hybridized carbons (Fsp3) is 0.174. The number of phenolic OH excluding ortho intramolecular Hbond substituents is 1. The molecular weight excluding hydrogens is 384 g/mol. The largest absolute Gasteiger partial charge is 0.506 e. The van der Waals surface area contributed by atoms with Gasteiger partial charge in [-0.25, -0.2) is 4.79 Å². The van der Waals surface area contributed by atoms with Crippen molar-refractivity contribution >= 4 is 39.9 Å². The summed E-state index contributed by atoms with van der Waals surface area (Å²) in [5, 5.41) is 14.5. The van der Waals surface area contributed by atoms with Crippen LogP contribution in [0.1, 0.15) is 24.2 Å². The number of aromatic hydroxyl groups is 1. The van der Waals surface area contributed by atoms with E-state index >= 15 is 0 Å². The Balaban J connectivity index is 1.57. The number of ether oxygens (including phenoxy) is 1. The van der Waals surface area contributed by atoms with Crippen LogP contribution in [0.5, 0.6) is 5.75 Å². The summed E-state index contributed by atoms with van der Waals surface area (Å²) in [6.07, 6.45) is 0. The minimum absolute atomic E-state index is 0.0300. The summed E-state index contributed by atoms with van der Waals surface area (Å²) in [4.78, 5) is 39.3.